The molecule has 0 saturated heterocycles. The van der Waals surface area contributed by atoms with Crippen LogP contribution in [0.2, 0.25) is 0 Å². The molecule has 4 aromatic rings. The van der Waals surface area contributed by atoms with Gasteiger partial charge >= 0.3 is 0 Å². The molecule has 0 saturated carbocycles. The van der Waals surface area contributed by atoms with Crippen LogP contribution in [0, 0.1) is 0 Å². The Labute approximate surface area is 160 Å². The molecule has 0 aliphatic rings. The Kier molecular flexibility index (Phi) is 4.41. The molecule has 0 amide bonds. The lowest BCUT2D eigenvalue weighted by atomic mass is 9.87. The first-order valence-electron chi connectivity index (χ1n) is 9.24. The molecule has 27 heavy (non-hydrogen) atoms. The van der Waals surface area contributed by atoms with Crippen LogP contribution in [0.3, 0.4) is 0 Å². The zero-order valence-electron chi connectivity index (χ0n) is 15.9. The van der Waals surface area contributed by atoms with E-state index < -0.39 is 0 Å². The minimum atomic E-state index is 0.0973. The van der Waals surface area contributed by atoms with E-state index in [-0.39, 0.29) is 5.41 Å². The van der Waals surface area contributed by atoms with Crippen molar-refractivity contribution in [2.24, 2.45) is 0 Å². The van der Waals surface area contributed by atoms with Crippen LogP contribution in [0.4, 0.5) is 0 Å². The van der Waals surface area contributed by atoms with E-state index >= 15 is 0 Å². The summed E-state index contributed by atoms with van der Waals surface area (Å²) in [6, 6.07) is 24.8. The first kappa shape index (κ1) is 17.3. The van der Waals surface area contributed by atoms with Gasteiger partial charge in [0.15, 0.2) is 5.58 Å². The van der Waals surface area contributed by atoms with Gasteiger partial charge in [0.1, 0.15) is 5.52 Å². The molecule has 0 aliphatic carbocycles. The molecular formula is C25H23NO. The highest BCUT2D eigenvalue weighted by Crippen LogP contribution is 2.29. The maximum atomic E-state index is 5.96. The van der Waals surface area contributed by atoms with Crippen molar-refractivity contribution in [2.75, 3.05) is 0 Å². The van der Waals surface area contributed by atoms with E-state index in [0.717, 1.165) is 22.2 Å². The highest BCUT2D eigenvalue weighted by Gasteiger charge is 2.16. The van der Waals surface area contributed by atoms with Crippen molar-refractivity contribution >= 4 is 23.3 Å². The third-order valence-corrected chi connectivity index (χ3v) is 4.68. The van der Waals surface area contributed by atoms with Gasteiger partial charge in [-0.2, -0.15) is 0 Å². The summed E-state index contributed by atoms with van der Waals surface area (Å²) >= 11 is 0. The normalized spacial score (nSPS) is 12.1. The van der Waals surface area contributed by atoms with Crippen molar-refractivity contribution in [3.63, 3.8) is 0 Å². The van der Waals surface area contributed by atoms with Gasteiger partial charge in [-0.05, 0) is 46.4 Å². The third kappa shape index (κ3) is 3.85. The Morgan fingerprint density at radius 2 is 1.44 bits per heavy atom. The lowest BCUT2D eigenvalue weighted by Crippen LogP contribution is -2.10. The molecule has 1 heterocycles. The van der Waals surface area contributed by atoms with Crippen molar-refractivity contribution < 1.29 is 4.42 Å². The van der Waals surface area contributed by atoms with E-state index in [4.69, 9.17) is 9.40 Å². The van der Waals surface area contributed by atoms with Crippen LogP contribution in [0.1, 0.15) is 37.5 Å². The van der Waals surface area contributed by atoms with Gasteiger partial charge in [-0.1, -0.05) is 81.5 Å². The Hall–Kier alpha value is -3.13. The number of oxazole rings is 1. The van der Waals surface area contributed by atoms with Crippen LogP contribution in [0.15, 0.2) is 77.2 Å². The van der Waals surface area contributed by atoms with E-state index in [2.05, 4.69) is 81.5 Å². The molecule has 2 heteroatoms. The summed E-state index contributed by atoms with van der Waals surface area (Å²) in [5.74, 6) is 0.662. The van der Waals surface area contributed by atoms with Gasteiger partial charge in [0.25, 0.3) is 0 Å². The topological polar surface area (TPSA) is 26.0 Å². The summed E-state index contributed by atoms with van der Waals surface area (Å²) in [5.41, 5.74) is 6.41. The Balaban J connectivity index is 1.59. The summed E-state index contributed by atoms with van der Waals surface area (Å²) in [6.07, 6.45) is 4.23. The highest BCUT2D eigenvalue weighted by atomic mass is 16.3. The number of hydrogen-bond donors (Lipinski definition) is 0. The summed E-state index contributed by atoms with van der Waals surface area (Å²) < 4.78 is 5.96. The van der Waals surface area contributed by atoms with E-state index in [1.54, 1.807) is 0 Å². The van der Waals surface area contributed by atoms with Crippen LogP contribution >= 0.6 is 0 Å². The highest BCUT2D eigenvalue weighted by molar-refractivity contribution is 5.78. The molecule has 0 atom stereocenters. The smallest absolute Gasteiger partial charge is 0.227 e. The first-order valence-corrected chi connectivity index (χ1v) is 9.24. The standard InChI is InChI=1S/C25H23NO/c1-25(2,3)21-15-16-23-22(17-21)26-24(27-23)20-13-11-19(12-14-20)10-9-18-7-5-4-6-8-18/h4-17H,1-3H3. The van der Waals surface area contributed by atoms with Crippen molar-refractivity contribution in [3.8, 4) is 11.5 Å². The molecule has 0 N–H and O–H groups in total. The second-order valence-corrected chi connectivity index (χ2v) is 7.82. The largest absolute Gasteiger partial charge is 0.436 e. The second kappa shape index (κ2) is 6.88. The van der Waals surface area contributed by atoms with E-state index in [9.17, 15) is 0 Å². The van der Waals surface area contributed by atoms with Crippen molar-refractivity contribution in [3.05, 3.63) is 89.5 Å². The molecule has 134 valence electrons. The van der Waals surface area contributed by atoms with Gasteiger partial charge in [-0.25, -0.2) is 4.98 Å². The molecule has 0 radical (unpaired) electrons. The van der Waals surface area contributed by atoms with Gasteiger partial charge in [0.2, 0.25) is 5.89 Å². The Morgan fingerprint density at radius 3 is 2.11 bits per heavy atom. The van der Waals surface area contributed by atoms with Gasteiger partial charge in [-0.3, -0.25) is 0 Å². The average molecular weight is 353 g/mol. The molecule has 4 rings (SSSR count). The number of nitrogens with zero attached hydrogens (tertiary/aromatic N) is 1. The maximum Gasteiger partial charge on any atom is 0.227 e. The number of benzene rings is 3. The summed E-state index contributed by atoms with van der Waals surface area (Å²) in [7, 11) is 0. The van der Waals surface area contributed by atoms with E-state index in [1.807, 2.05) is 24.3 Å². The molecular weight excluding hydrogens is 330 g/mol. The molecule has 1 aromatic heterocycles. The lowest BCUT2D eigenvalue weighted by molar-refractivity contribution is 0.590. The van der Waals surface area contributed by atoms with Gasteiger partial charge < -0.3 is 4.42 Å². The van der Waals surface area contributed by atoms with Crippen LogP contribution in [0.5, 0.6) is 0 Å². The summed E-state index contributed by atoms with van der Waals surface area (Å²) in [4.78, 5) is 4.70. The predicted octanol–water partition coefficient (Wildman–Crippen LogP) is 6.96. The fraction of sp³-hybridized carbons (Fsp3) is 0.160. The SMILES string of the molecule is CC(C)(C)c1ccc2oc(-c3ccc(C=Cc4ccccc4)cc3)nc2c1. The minimum absolute atomic E-state index is 0.0973. The fourth-order valence-electron chi connectivity index (χ4n) is 3.01. The zero-order chi connectivity index (χ0) is 18.9. The number of fused-ring (bicyclic) bond motifs is 1. The average Bonchev–Trinajstić information content (AvgIpc) is 3.10. The second-order valence-electron chi connectivity index (χ2n) is 7.82. The lowest BCUT2D eigenvalue weighted by Gasteiger charge is -2.18. The first-order chi connectivity index (χ1) is 13.0. The minimum Gasteiger partial charge on any atom is -0.436 e. The molecule has 0 unspecified atom stereocenters. The van der Waals surface area contributed by atoms with Crippen LogP contribution in [-0.2, 0) is 5.41 Å². The molecule has 0 bridgehead atoms. The molecule has 3 aromatic carbocycles. The predicted molar refractivity (Wildman–Crippen MR) is 114 cm³/mol. The number of rotatable bonds is 3. The van der Waals surface area contributed by atoms with Crippen molar-refractivity contribution in [2.45, 2.75) is 26.2 Å². The van der Waals surface area contributed by atoms with Gasteiger partial charge in [0, 0.05) is 5.56 Å². The van der Waals surface area contributed by atoms with Gasteiger partial charge in [0.05, 0.1) is 0 Å². The summed E-state index contributed by atoms with van der Waals surface area (Å²) in [6.45, 7) is 6.62. The molecule has 0 aliphatic heterocycles. The van der Waals surface area contributed by atoms with Crippen molar-refractivity contribution in [1.29, 1.82) is 0 Å². The van der Waals surface area contributed by atoms with Crippen molar-refractivity contribution in [1.82, 2.24) is 4.98 Å². The Bertz CT molecular complexity index is 1080. The van der Waals surface area contributed by atoms with Crippen LogP contribution in [-0.4, -0.2) is 4.98 Å². The zero-order valence-corrected chi connectivity index (χ0v) is 15.9. The maximum absolute atomic E-state index is 5.96. The molecule has 0 spiro atoms. The third-order valence-electron chi connectivity index (χ3n) is 4.68. The van der Waals surface area contributed by atoms with Gasteiger partial charge in [-0.15, -0.1) is 0 Å². The monoisotopic (exact) mass is 353 g/mol. The number of hydrogen-bond acceptors (Lipinski definition) is 2. The molecule has 2 nitrogen and oxygen atoms in total. The Morgan fingerprint density at radius 1 is 0.778 bits per heavy atom. The van der Waals surface area contributed by atoms with Crippen LogP contribution < -0.4 is 0 Å². The summed E-state index contributed by atoms with van der Waals surface area (Å²) in [5, 5.41) is 0. The van der Waals surface area contributed by atoms with Crippen LogP contribution in [0.25, 0.3) is 34.7 Å². The fourth-order valence-corrected chi connectivity index (χ4v) is 3.01. The number of aromatic nitrogens is 1. The quantitative estimate of drug-likeness (QED) is 0.372. The van der Waals surface area contributed by atoms with E-state index in [0.29, 0.717) is 5.89 Å². The van der Waals surface area contributed by atoms with E-state index in [1.165, 1.54) is 11.1 Å². The molecule has 0 fully saturated rings.